The molecule has 0 atom stereocenters. The third-order valence-corrected chi connectivity index (χ3v) is 5.24. The summed E-state index contributed by atoms with van der Waals surface area (Å²) in [7, 11) is 3.80. The number of allylic oxidation sites excluding steroid dienone is 2. The number of nitrogen functional groups attached to an aromatic ring is 1. The van der Waals surface area contributed by atoms with Crippen molar-refractivity contribution in [3.63, 3.8) is 0 Å². The normalized spacial score (nSPS) is 12.8. The van der Waals surface area contributed by atoms with Gasteiger partial charge in [-0.25, -0.2) is 10.2 Å². The van der Waals surface area contributed by atoms with Crippen LogP contribution in [0.1, 0.15) is 36.7 Å². The summed E-state index contributed by atoms with van der Waals surface area (Å²) < 4.78 is 5.63. The quantitative estimate of drug-likeness (QED) is 0.0905. The van der Waals surface area contributed by atoms with Crippen LogP contribution in [-0.4, -0.2) is 48.9 Å². The fourth-order valence-electron chi connectivity index (χ4n) is 2.99. The van der Waals surface area contributed by atoms with Crippen LogP contribution in [0.25, 0.3) is 10.9 Å². The minimum absolute atomic E-state index is 0.0235. The molecule has 10 nitrogen and oxygen atoms in total. The van der Waals surface area contributed by atoms with E-state index in [-0.39, 0.29) is 29.2 Å². The molecule has 0 saturated carbocycles. The van der Waals surface area contributed by atoms with Gasteiger partial charge in [-0.2, -0.15) is 5.10 Å². The molecule has 0 aliphatic heterocycles. The molecule has 192 valence electrons. The first kappa shape index (κ1) is 28.5. The number of aliphatic hydroxyl groups is 1. The fourth-order valence-corrected chi connectivity index (χ4v) is 2.99. The average molecular weight is 504 g/mol. The maximum absolute atomic E-state index is 13.0. The molecular formula is C27H31N6O4+. The molecule has 10 heteroatoms. The van der Waals surface area contributed by atoms with E-state index in [0.29, 0.717) is 22.4 Å². The number of aromatic nitrogens is 1. The molecule has 0 aliphatic rings. The van der Waals surface area contributed by atoms with Crippen LogP contribution in [0, 0.1) is 6.57 Å². The molecule has 0 radical (unpaired) electrons. The van der Waals surface area contributed by atoms with Crippen LogP contribution >= 0.6 is 0 Å². The highest BCUT2D eigenvalue weighted by molar-refractivity contribution is 5.97. The van der Waals surface area contributed by atoms with Crippen molar-refractivity contribution in [3.8, 4) is 6.57 Å². The van der Waals surface area contributed by atoms with E-state index in [2.05, 4.69) is 20.4 Å². The van der Waals surface area contributed by atoms with Gasteiger partial charge in [-0.15, -0.1) is 0 Å². The molecule has 0 fully saturated rings. The molecule has 1 heterocycles. The average Bonchev–Trinajstić information content (AvgIpc) is 2.90. The summed E-state index contributed by atoms with van der Waals surface area (Å²) in [5.74, 6) is -1.18. The van der Waals surface area contributed by atoms with E-state index >= 15 is 0 Å². The predicted molar refractivity (Wildman–Crippen MR) is 146 cm³/mol. The number of aliphatic hydroxyl groups excluding tert-OH is 1. The molecule has 1 aromatic carbocycles. The Hall–Kier alpha value is -4.75. The van der Waals surface area contributed by atoms with Gasteiger partial charge < -0.3 is 20.5 Å². The Labute approximate surface area is 216 Å². The van der Waals surface area contributed by atoms with Crippen molar-refractivity contribution in [3.05, 3.63) is 86.9 Å². The molecule has 0 unspecified atom stereocenters. The van der Waals surface area contributed by atoms with E-state index in [9.17, 15) is 14.7 Å². The van der Waals surface area contributed by atoms with E-state index < -0.39 is 11.9 Å². The molecule has 2 aromatic rings. The lowest BCUT2D eigenvalue weighted by Crippen LogP contribution is -2.18. The molecule has 0 spiro atoms. The molecule has 1 amide bonds. The highest BCUT2D eigenvalue weighted by Crippen LogP contribution is 2.24. The highest BCUT2D eigenvalue weighted by Gasteiger charge is 2.23. The van der Waals surface area contributed by atoms with Crippen LogP contribution in [0.15, 0.2) is 76.0 Å². The van der Waals surface area contributed by atoms with E-state index in [4.69, 9.17) is 17.0 Å². The Morgan fingerprint density at radius 3 is 2.46 bits per heavy atom. The monoisotopic (exact) mass is 503 g/mol. The number of rotatable bonds is 9. The van der Waals surface area contributed by atoms with Crippen LogP contribution in [0.5, 0.6) is 0 Å². The minimum atomic E-state index is -0.688. The number of pyridine rings is 1. The largest absolute Gasteiger partial charge is 0.414 e. The van der Waals surface area contributed by atoms with Crippen LogP contribution in [0.2, 0.25) is 0 Å². The molecular weight excluding hydrogens is 472 g/mol. The van der Waals surface area contributed by atoms with Gasteiger partial charge in [0.2, 0.25) is 5.76 Å². The first-order valence-corrected chi connectivity index (χ1v) is 11.2. The Balaban J connectivity index is 2.33. The zero-order chi connectivity index (χ0) is 27.5. The Kier molecular flexibility index (Phi) is 10.3. The number of carbonyl (C=O) groups excluding carboxylic acids is 2. The molecule has 37 heavy (non-hydrogen) atoms. The number of nitrogens with two attached hydrogens (primary N) is 1. The van der Waals surface area contributed by atoms with Crippen molar-refractivity contribution >= 4 is 35.5 Å². The molecule has 2 rings (SSSR count). The Morgan fingerprint density at radius 2 is 1.89 bits per heavy atom. The molecule has 1 aromatic heterocycles. The van der Waals surface area contributed by atoms with Crippen LogP contribution in [-0.2, 0) is 9.53 Å². The zero-order valence-electron chi connectivity index (χ0n) is 21.5. The van der Waals surface area contributed by atoms with Gasteiger partial charge in [0.1, 0.15) is 0 Å². The molecule has 0 saturated heterocycles. The van der Waals surface area contributed by atoms with Crippen LogP contribution in [0.4, 0.5) is 11.4 Å². The van der Waals surface area contributed by atoms with E-state index in [1.807, 2.05) is 25.1 Å². The number of nitrogens with zero attached hydrogens (tertiary/aromatic N) is 4. The summed E-state index contributed by atoms with van der Waals surface area (Å²) in [5.41, 5.74) is 12.0. The van der Waals surface area contributed by atoms with Gasteiger partial charge in [0, 0.05) is 61.5 Å². The number of hydrogen-bond donors (Lipinski definition) is 3. The van der Waals surface area contributed by atoms with Crippen LogP contribution < -0.4 is 16.1 Å². The van der Waals surface area contributed by atoms with E-state index in [1.54, 1.807) is 32.1 Å². The molecule has 0 aliphatic carbocycles. The summed E-state index contributed by atoms with van der Waals surface area (Å²) in [5, 5.41) is 13.7. The number of carbonyl (C=O) groups is 2. The number of nitrogens with one attached hydrogen (secondary N) is 1. The Morgan fingerprint density at radius 1 is 1.22 bits per heavy atom. The van der Waals surface area contributed by atoms with Crippen molar-refractivity contribution in [1.29, 1.82) is 0 Å². The summed E-state index contributed by atoms with van der Waals surface area (Å²) in [6, 6.07) is 8.54. The smallest absolute Gasteiger partial charge is 0.356 e. The first-order valence-electron chi connectivity index (χ1n) is 11.2. The number of hydrogen-bond acceptors (Lipinski definition) is 8. The van der Waals surface area contributed by atoms with Crippen LogP contribution in [0.3, 0.4) is 0 Å². The third kappa shape index (κ3) is 7.88. The Bertz CT molecular complexity index is 1320. The number of ether oxygens (including phenoxy) is 1. The summed E-state index contributed by atoms with van der Waals surface area (Å²) in [4.78, 5) is 34.7. The maximum atomic E-state index is 13.0. The second-order valence-electron chi connectivity index (χ2n) is 8.26. The maximum Gasteiger partial charge on any atom is 0.356 e. The fraction of sp³-hybridized carbons (Fsp3) is 0.222. The van der Waals surface area contributed by atoms with Crippen molar-refractivity contribution in [2.24, 2.45) is 5.10 Å². The lowest BCUT2D eigenvalue weighted by atomic mass is 10.1. The minimum Gasteiger partial charge on any atom is -0.414 e. The van der Waals surface area contributed by atoms with Crippen molar-refractivity contribution in [1.82, 2.24) is 10.4 Å². The summed E-state index contributed by atoms with van der Waals surface area (Å²) in [6.07, 6.45) is 5.81. The van der Waals surface area contributed by atoms with E-state index in [0.717, 1.165) is 5.69 Å². The standard InChI is InChI=1S/C27H30N6O4/c1-17(13-21-7-8-22(33(5)6)14-24(21)28)27(36)37-25(19(3)29-4)23(18(2)16-34)15-31-32-26(35)20-9-11-30-12-10-20/h4,7-15,34H,16H2,1-3,5-6H3,(H2-,28,32,35,36)/p+1. The van der Waals surface area contributed by atoms with Crippen molar-refractivity contribution < 1.29 is 19.4 Å². The molecule has 0 bridgehead atoms. The number of hydrazone groups is 1. The van der Waals surface area contributed by atoms with Crippen molar-refractivity contribution in [2.75, 3.05) is 31.3 Å². The third-order valence-electron chi connectivity index (χ3n) is 5.24. The SMILES string of the molecule is C#[N+]C(C)=C(OC(=O)C(C)=Cc1ccc(N(C)C)cc1N)C(C=NNC(=O)c1ccncc1)=C(C)CO. The summed E-state index contributed by atoms with van der Waals surface area (Å²) >= 11 is 0. The van der Waals surface area contributed by atoms with Gasteiger partial charge in [-0.1, -0.05) is 6.07 Å². The van der Waals surface area contributed by atoms with Gasteiger partial charge >= 0.3 is 11.7 Å². The lowest BCUT2D eigenvalue weighted by molar-refractivity contribution is -0.134. The van der Waals surface area contributed by atoms with Crippen molar-refractivity contribution in [2.45, 2.75) is 20.8 Å². The topological polar surface area (TPSA) is 134 Å². The predicted octanol–water partition coefficient (Wildman–Crippen LogP) is 3.60. The van der Waals surface area contributed by atoms with Gasteiger partial charge in [-0.3, -0.25) is 9.78 Å². The second kappa shape index (κ2) is 13.4. The number of benzene rings is 1. The molecule has 4 N–H and O–H groups in total. The van der Waals surface area contributed by atoms with Gasteiger partial charge in [0.25, 0.3) is 12.5 Å². The van der Waals surface area contributed by atoms with Gasteiger partial charge in [0.05, 0.1) is 12.8 Å². The highest BCUT2D eigenvalue weighted by atomic mass is 16.5. The van der Waals surface area contributed by atoms with Gasteiger partial charge in [-0.05, 0) is 60.2 Å². The summed E-state index contributed by atoms with van der Waals surface area (Å²) in [6.45, 7) is 9.83. The van der Waals surface area contributed by atoms with E-state index in [1.165, 1.54) is 37.7 Å². The zero-order valence-corrected chi connectivity index (χ0v) is 21.5. The lowest BCUT2D eigenvalue weighted by Gasteiger charge is -2.14. The number of anilines is 2. The number of esters is 1. The second-order valence-corrected chi connectivity index (χ2v) is 8.26. The number of amides is 1. The first-order chi connectivity index (χ1) is 17.6. The van der Waals surface area contributed by atoms with Gasteiger partial charge in [0.15, 0.2) is 0 Å².